The van der Waals surface area contributed by atoms with E-state index in [4.69, 9.17) is 21.0 Å². The van der Waals surface area contributed by atoms with Crippen LogP contribution < -0.4 is 4.90 Å². The van der Waals surface area contributed by atoms with Gasteiger partial charge in [-0.3, -0.25) is 0 Å². The first-order chi connectivity index (χ1) is 14.2. The van der Waals surface area contributed by atoms with Gasteiger partial charge in [0.15, 0.2) is 5.76 Å². The van der Waals surface area contributed by atoms with Gasteiger partial charge in [-0.25, -0.2) is 4.98 Å². The molecule has 0 spiro atoms. The van der Waals surface area contributed by atoms with Crippen LogP contribution in [0.3, 0.4) is 0 Å². The highest BCUT2D eigenvalue weighted by molar-refractivity contribution is 6.33. The van der Waals surface area contributed by atoms with Gasteiger partial charge in [0.05, 0.1) is 10.6 Å². The lowest BCUT2D eigenvalue weighted by molar-refractivity contribution is 0.589. The summed E-state index contributed by atoms with van der Waals surface area (Å²) in [4.78, 5) is 7.16. The number of rotatable bonds is 6. The van der Waals surface area contributed by atoms with Gasteiger partial charge in [0.1, 0.15) is 5.69 Å². The van der Waals surface area contributed by atoms with Crippen LogP contribution >= 0.6 is 11.6 Å². The molecule has 3 aromatic carbocycles. The monoisotopic (exact) mass is 402 g/mol. The number of halogens is 1. The Morgan fingerprint density at radius 1 is 0.793 bits per heavy atom. The fourth-order valence-electron chi connectivity index (χ4n) is 3.47. The van der Waals surface area contributed by atoms with Gasteiger partial charge in [0.25, 0.3) is 0 Å². The third kappa shape index (κ3) is 3.92. The topological polar surface area (TPSA) is 29.3 Å². The first kappa shape index (κ1) is 19.3. The molecule has 0 saturated carbocycles. The smallest absolute Gasteiger partial charge is 0.228 e. The Hall–Kier alpha value is -3.04. The van der Waals surface area contributed by atoms with Crippen molar-refractivity contribution in [1.29, 1.82) is 0 Å². The van der Waals surface area contributed by atoms with E-state index in [-0.39, 0.29) is 0 Å². The summed E-state index contributed by atoms with van der Waals surface area (Å²) in [5.74, 6) is 1.27. The molecule has 0 aliphatic rings. The second-order valence-electron chi connectivity index (χ2n) is 6.76. The quantitative estimate of drug-likeness (QED) is 0.342. The van der Waals surface area contributed by atoms with Gasteiger partial charge >= 0.3 is 0 Å². The highest BCUT2D eigenvalue weighted by atomic mass is 35.5. The number of nitrogens with zero attached hydrogens (tertiary/aromatic N) is 2. The van der Waals surface area contributed by atoms with Crippen LogP contribution in [0, 0.1) is 0 Å². The third-order valence-electron chi connectivity index (χ3n) is 5.04. The fraction of sp³-hybridized carbons (Fsp3) is 0.160. The van der Waals surface area contributed by atoms with Crippen LogP contribution in [0.25, 0.3) is 34.0 Å². The number of aromatic nitrogens is 1. The van der Waals surface area contributed by atoms with E-state index in [1.54, 1.807) is 0 Å². The van der Waals surface area contributed by atoms with E-state index in [9.17, 15) is 0 Å². The average Bonchev–Trinajstić information content (AvgIpc) is 3.21. The molecule has 0 radical (unpaired) electrons. The molecule has 4 aromatic rings. The van der Waals surface area contributed by atoms with Crippen LogP contribution in [-0.4, -0.2) is 18.1 Å². The lowest BCUT2D eigenvalue weighted by atomic mass is 10.1. The zero-order valence-corrected chi connectivity index (χ0v) is 17.4. The summed E-state index contributed by atoms with van der Waals surface area (Å²) >= 11 is 6.39. The molecule has 0 fully saturated rings. The minimum Gasteiger partial charge on any atom is -0.435 e. The molecule has 1 heterocycles. The van der Waals surface area contributed by atoms with E-state index in [0.29, 0.717) is 10.9 Å². The van der Waals surface area contributed by atoms with E-state index in [2.05, 4.69) is 43.0 Å². The van der Waals surface area contributed by atoms with Crippen molar-refractivity contribution in [3.63, 3.8) is 0 Å². The van der Waals surface area contributed by atoms with Gasteiger partial charge in [0.2, 0.25) is 5.89 Å². The molecule has 0 aliphatic carbocycles. The van der Waals surface area contributed by atoms with Gasteiger partial charge < -0.3 is 9.32 Å². The summed E-state index contributed by atoms with van der Waals surface area (Å²) < 4.78 is 6.24. The van der Waals surface area contributed by atoms with Crippen LogP contribution in [-0.2, 0) is 0 Å². The van der Waals surface area contributed by atoms with E-state index in [1.807, 2.05) is 54.6 Å². The molecule has 29 heavy (non-hydrogen) atoms. The molecule has 1 aromatic heterocycles. The van der Waals surface area contributed by atoms with Gasteiger partial charge in [-0.05, 0) is 38.1 Å². The van der Waals surface area contributed by atoms with Gasteiger partial charge in [-0.2, -0.15) is 0 Å². The number of hydrogen-bond donors (Lipinski definition) is 0. The predicted octanol–water partition coefficient (Wildman–Crippen LogP) is 7.18. The predicted molar refractivity (Wildman–Crippen MR) is 121 cm³/mol. The van der Waals surface area contributed by atoms with Gasteiger partial charge in [0, 0.05) is 29.9 Å². The fourth-order valence-corrected chi connectivity index (χ4v) is 3.69. The molecule has 4 heteroatoms. The van der Waals surface area contributed by atoms with E-state index < -0.39 is 0 Å². The molecule has 0 bridgehead atoms. The minimum atomic E-state index is 0.525. The zero-order valence-electron chi connectivity index (χ0n) is 16.6. The van der Waals surface area contributed by atoms with E-state index >= 15 is 0 Å². The lowest BCUT2D eigenvalue weighted by Crippen LogP contribution is -2.21. The Morgan fingerprint density at radius 3 is 2.10 bits per heavy atom. The highest BCUT2D eigenvalue weighted by Crippen LogP contribution is 2.38. The van der Waals surface area contributed by atoms with Crippen LogP contribution in [0.1, 0.15) is 13.8 Å². The molecule has 0 aliphatic heterocycles. The van der Waals surface area contributed by atoms with Crippen molar-refractivity contribution in [2.24, 2.45) is 0 Å². The molecular formula is C25H23ClN2O. The first-order valence-electron chi connectivity index (χ1n) is 9.87. The van der Waals surface area contributed by atoms with Crippen molar-refractivity contribution in [2.45, 2.75) is 13.8 Å². The molecule has 4 rings (SSSR count). The largest absolute Gasteiger partial charge is 0.435 e. The first-order valence-corrected chi connectivity index (χ1v) is 10.3. The van der Waals surface area contributed by atoms with E-state index in [1.165, 1.54) is 5.69 Å². The van der Waals surface area contributed by atoms with Crippen molar-refractivity contribution in [1.82, 2.24) is 4.98 Å². The Bertz CT molecular complexity index is 1080. The second kappa shape index (κ2) is 8.54. The Labute approximate surface area is 176 Å². The molecule has 3 nitrogen and oxygen atoms in total. The summed E-state index contributed by atoms with van der Waals surface area (Å²) in [7, 11) is 0. The maximum absolute atomic E-state index is 6.39. The standard InChI is InChI=1S/C25H23ClN2O/c1-3-28(4-2)20-16-14-18(15-17-20)23-24(19-10-6-5-7-11-19)29-25(27-23)21-12-8-9-13-22(21)26/h5-17H,3-4H2,1-2H3. The van der Waals surface area contributed by atoms with Crippen molar-refractivity contribution < 1.29 is 4.42 Å². The molecule has 0 N–H and O–H groups in total. The van der Waals surface area contributed by atoms with Crippen molar-refractivity contribution in [2.75, 3.05) is 18.0 Å². The molecule has 0 atom stereocenters. The van der Waals surface area contributed by atoms with Crippen LogP contribution in [0.5, 0.6) is 0 Å². The van der Waals surface area contributed by atoms with Crippen molar-refractivity contribution in [3.8, 4) is 34.0 Å². The average molecular weight is 403 g/mol. The summed E-state index contributed by atoms with van der Waals surface area (Å²) in [6.07, 6.45) is 0. The SMILES string of the molecule is CCN(CC)c1ccc(-c2nc(-c3ccccc3Cl)oc2-c2ccccc2)cc1. The third-order valence-corrected chi connectivity index (χ3v) is 5.37. The Morgan fingerprint density at radius 2 is 1.45 bits per heavy atom. The number of oxazole rings is 1. The number of anilines is 1. The van der Waals surface area contributed by atoms with Gasteiger partial charge in [-0.1, -0.05) is 66.2 Å². The second-order valence-corrected chi connectivity index (χ2v) is 7.17. The maximum atomic E-state index is 6.39. The number of benzene rings is 3. The van der Waals surface area contributed by atoms with Crippen LogP contribution in [0.2, 0.25) is 5.02 Å². The summed E-state index contributed by atoms with van der Waals surface area (Å²) in [6.45, 7) is 6.29. The summed E-state index contributed by atoms with van der Waals surface area (Å²) in [5, 5.41) is 0.622. The van der Waals surface area contributed by atoms with Gasteiger partial charge in [-0.15, -0.1) is 0 Å². The summed E-state index contributed by atoms with van der Waals surface area (Å²) in [5.41, 5.74) is 4.81. The highest BCUT2D eigenvalue weighted by Gasteiger charge is 2.19. The Balaban J connectivity index is 1.83. The maximum Gasteiger partial charge on any atom is 0.228 e. The molecule has 0 saturated heterocycles. The minimum absolute atomic E-state index is 0.525. The van der Waals surface area contributed by atoms with E-state index in [0.717, 1.165) is 41.2 Å². The number of hydrogen-bond acceptors (Lipinski definition) is 3. The Kier molecular flexibility index (Phi) is 5.68. The van der Waals surface area contributed by atoms with Crippen molar-refractivity contribution >= 4 is 17.3 Å². The zero-order chi connectivity index (χ0) is 20.2. The molecule has 0 unspecified atom stereocenters. The molecule has 146 valence electrons. The molecular weight excluding hydrogens is 380 g/mol. The van der Waals surface area contributed by atoms with Crippen molar-refractivity contribution in [3.05, 3.63) is 83.9 Å². The lowest BCUT2D eigenvalue weighted by Gasteiger charge is -2.21. The molecule has 0 amide bonds. The normalized spacial score (nSPS) is 10.9. The summed E-state index contributed by atoms with van der Waals surface area (Å²) in [6, 6.07) is 26.2. The van der Waals surface area contributed by atoms with Crippen LogP contribution in [0.4, 0.5) is 5.69 Å². The van der Waals surface area contributed by atoms with Crippen LogP contribution in [0.15, 0.2) is 83.3 Å².